The van der Waals surface area contributed by atoms with Crippen LogP contribution in [0.15, 0.2) is 0 Å². The van der Waals surface area contributed by atoms with Crippen LogP contribution >= 0.6 is 0 Å². The fourth-order valence-corrected chi connectivity index (χ4v) is 4.47. The van der Waals surface area contributed by atoms with Crippen LogP contribution in [-0.2, 0) is 14.6 Å². The Morgan fingerprint density at radius 2 is 1.78 bits per heavy atom. The van der Waals surface area contributed by atoms with Gasteiger partial charge in [0.25, 0.3) is 0 Å². The van der Waals surface area contributed by atoms with Crippen molar-refractivity contribution >= 4 is 15.7 Å². The molecule has 1 saturated carbocycles. The molecule has 104 valence electrons. The first-order chi connectivity index (χ1) is 8.46. The van der Waals surface area contributed by atoms with Gasteiger partial charge in [0.2, 0.25) is 5.91 Å². The first-order valence-electron chi connectivity index (χ1n) is 6.72. The molecule has 0 aromatic carbocycles. The van der Waals surface area contributed by atoms with Gasteiger partial charge in [-0.25, -0.2) is 8.42 Å². The first-order valence-corrected chi connectivity index (χ1v) is 8.55. The van der Waals surface area contributed by atoms with Gasteiger partial charge in [0.1, 0.15) is 0 Å². The summed E-state index contributed by atoms with van der Waals surface area (Å²) in [5, 5.41) is 2.90. The van der Waals surface area contributed by atoms with Crippen molar-refractivity contribution in [2.75, 3.05) is 11.5 Å². The van der Waals surface area contributed by atoms with Crippen molar-refractivity contribution in [1.82, 2.24) is 5.32 Å². The first kappa shape index (κ1) is 13.8. The maximum Gasteiger partial charge on any atom is 0.223 e. The molecule has 5 nitrogen and oxygen atoms in total. The lowest BCUT2D eigenvalue weighted by atomic mass is 9.86. The minimum absolute atomic E-state index is 0.0176. The van der Waals surface area contributed by atoms with E-state index in [0.29, 0.717) is 6.42 Å². The van der Waals surface area contributed by atoms with E-state index in [1.807, 2.05) is 0 Å². The van der Waals surface area contributed by atoms with E-state index in [0.717, 1.165) is 32.1 Å². The minimum atomic E-state index is -2.95. The molecule has 3 N–H and O–H groups in total. The summed E-state index contributed by atoms with van der Waals surface area (Å²) in [6.07, 6.45) is 4.86. The van der Waals surface area contributed by atoms with Crippen LogP contribution in [0.5, 0.6) is 0 Å². The quantitative estimate of drug-likeness (QED) is 0.752. The normalized spacial score (nSPS) is 35.9. The van der Waals surface area contributed by atoms with E-state index >= 15 is 0 Å². The molecule has 0 radical (unpaired) electrons. The second-order valence-electron chi connectivity index (χ2n) is 5.57. The number of hydrogen-bond acceptors (Lipinski definition) is 4. The summed E-state index contributed by atoms with van der Waals surface area (Å²) < 4.78 is 23.0. The van der Waals surface area contributed by atoms with Crippen molar-refractivity contribution in [3.63, 3.8) is 0 Å². The number of rotatable bonds is 2. The van der Waals surface area contributed by atoms with Gasteiger partial charge in [0.15, 0.2) is 9.84 Å². The summed E-state index contributed by atoms with van der Waals surface area (Å²) in [7, 11) is -2.95. The molecule has 0 bridgehead atoms. The Morgan fingerprint density at radius 1 is 1.11 bits per heavy atom. The van der Waals surface area contributed by atoms with E-state index in [9.17, 15) is 13.2 Å². The lowest BCUT2D eigenvalue weighted by Gasteiger charge is -2.28. The highest BCUT2D eigenvalue weighted by molar-refractivity contribution is 7.91. The van der Waals surface area contributed by atoms with Crippen LogP contribution in [-0.4, -0.2) is 37.9 Å². The lowest BCUT2D eigenvalue weighted by molar-refractivity contribution is -0.126. The highest BCUT2D eigenvalue weighted by atomic mass is 32.2. The molecule has 2 aliphatic rings. The van der Waals surface area contributed by atoms with Crippen LogP contribution in [0.2, 0.25) is 0 Å². The van der Waals surface area contributed by atoms with E-state index in [1.165, 1.54) is 0 Å². The predicted octanol–water partition coefficient (Wildman–Crippen LogP) is 0.197. The average Bonchev–Trinajstić information content (AvgIpc) is 2.28. The highest BCUT2D eigenvalue weighted by Crippen LogP contribution is 2.24. The third-order valence-corrected chi connectivity index (χ3v) is 5.77. The van der Waals surface area contributed by atoms with Gasteiger partial charge < -0.3 is 11.1 Å². The molecule has 0 aromatic heterocycles. The SMILES string of the molecule is NC1CCC(C(=O)NC2CCCS(=O)(=O)C2)CC1. The Labute approximate surface area is 108 Å². The highest BCUT2D eigenvalue weighted by Gasteiger charge is 2.29. The molecule has 2 rings (SSSR count). The second kappa shape index (κ2) is 5.57. The van der Waals surface area contributed by atoms with E-state index in [-0.39, 0.29) is 35.4 Å². The van der Waals surface area contributed by atoms with Crippen molar-refractivity contribution in [3.8, 4) is 0 Å². The van der Waals surface area contributed by atoms with Crippen molar-refractivity contribution in [3.05, 3.63) is 0 Å². The number of hydrogen-bond donors (Lipinski definition) is 2. The van der Waals surface area contributed by atoms with Crippen molar-refractivity contribution < 1.29 is 13.2 Å². The number of carbonyl (C=O) groups excluding carboxylic acids is 1. The molecule has 1 aliphatic carbocycles. The molecule has 1 aliphatic heterocycles. The van der Waals surface area contributed by atoms with E-state index in [4.69, 9.17) is 5.73 Å². The van der Waals surface area contributed by atoms with E-state index in [1.54, 1.807) is 0 Å². The summed E-state index contributed by atoms with van der Waals surface area (Å²) in [5.41, 5.74) is 5.81. The van der Waals surface area contributed by atoms with Crippen LogP contribution in [0.3, 0.4) is 0 Å². The molecule has 2 fully saturated rings. The molecule has 6 heteroatoms. The Hall–Kier alpha value is -0.620. The zero-order valence-electron chi connectivity index (χ0n) is 10.6. The molecule has 1 unspecified atom stereocenters. The molecule has 1 atom stereocenters. The van der Waals surface area contributed by atoms with Gasteiger partial charge in [0, 0.05) is 18.0 Å². The largest absolute Gasteiger partial charge is 0.352 e. The monoisotopic (exact) mass is 274 g/mol. The van der Waals surface area contributed by atoms with Crippen LogP contribution in [0.1, 0.15) is 38.5 Å². The van der Waals surface area contributed by atoms with Gasteiger partial charge in [-0.2, -0.15) is 0 Å². The fourth-order valence-electron chi connectivity index (χ4n) is 2.84. The zero-order chi connectivity index (χ0) is 13.2. The van der Waals surface area contributed by atoms with Gasteiger partial charge >= 0.3 is 0 Å². The Morgan fingerprint density at radius 3 is 2.39 bits per heavy atom. The molecular weight excluding hydrogens is 252 g/mol. The van der Waals surface area contributed by atoms with E-state index in [2.05, 4.69) is 5.32 Å². The van der Waals surface area contributed by atoms with Gasteiger partial charge in [-0.1, -0.05) is 0 Å². The summed E-state index contributed by atoms with van der Waals surface area (Å²) >= 11 is 0. The Balaban J connectivity index is 1.84. The topological polar surface area (TPSA) is 89.3 Å². The molecule has 1 heterocycles. The summed E-state index contributed by atoms with van der Waals surface area (Å²) in [6, 6.07) is 0.0379. The van der Waals surface area contributed by atoms with Crippen LogP contribution in [0.25, 0.3) is 0 Å². The fraction of sp³-hybridized carbons (Fsp3) is 0.917. The molecule has 18 heavy (non-hydrogen) atoms. The summed E-state index contributed by atoms with van der Waals surface area (Å²) in [6.45, 7) is 0. The van der Waals surface area contributed by atoms with Crippen molar-refractivity contribution in [2.45, 2.75) is 50.6 Å². The van der Waals surface area contributed by atoms with Crippen LogP contribution in [0, 0.1) is 5.92 Å². The van der Waals surface area contributed by atoms with Gasteiger partial charge in [-0.3, -0.25) is 4.79 Å². The third kappa shape index (κ3) is 3.68. The van der Waals surface area contributed by atoms with Gasteiger partial charge in [-0.15, -0.1) is 0 Å². The number of nitrogens with two attached hydrogens (primary N) is 1. The molecule has 0 aromatic rings. The summed E-state index contributed by atoms with van der Waals surface area (Å²) in [5.74, 6) is 0.404. The molecule has 0 spiro atoms. The van der Waals surface area contributed by atoms with Gasteiger partial charge in [-0.05, 0) is 38.5 Å². The smallest absolute Gasteiger partial charge is 0.223 e. The number of nitrogens with one attached hydrogen (secondary N) is 1. The average molecular weight is 274 g/mol. The Bertz CT molecular complexity index is 400. The molecule has 1 saturated heterocycles. The number of amides is 1. The van der Waals surface area contributed by atoms with Crippen LogP contribution in [0.4, 0.5) is 0 Å². The zero-order valence-corrected chi connectivity index (χ0v) is 11.4. The minimum Gasteiger partial charge on any atom is -0.352 e. The Kier molecular flexibility index (Phi) is 4.27. The molecule has 1 amide bonds. The number of carbonyl (C=O) groups is 1. The van der Waals surface area contributed by atoms with Crippen molar-refractivity contribution in [1.29, 1.82) is 0 Å². The standard InChI is InChI=1S/C12H22N2O3S/c13-10-5-3-9(4-6-10)12(15)14-11-2-1-7-18(16,17)8-11/h9-11H,1-8,13H2,(H,14,15). The maximum absolute atomic E-state index is 12.0. The summed E-state index contributed by atoms with van der Waals surface area (Å²) in [4.78, 5) is 12.0. The van der Waals surface area contributed by atoms with Crippen molar-refractivity contribution in [2.24, 2.45) is 11.7 Å². The van der Waals surface area contributed by atoms with E-state index < -0.39 is 9.84 Å². The third-order valence-electron chi connectivity index (χ3n) is 3.95. The molecular formula is C12H22N2O3S. The number of sulfone groups is 1. The lowest BCUT2D eigenvalue weighted by Crippen LogP contribution is -2.46. The second-order valence-corrected chi connectivity index (χ2v) is 7.80. The maximum atomic E-state index is 12.0. The van der Waals surface area contributed by atoms with Gasteiger partial charge in [0.05, 0.1) is 11.5 Å². The van der Waals surface area contributed by atoms with Crippen LogP contribution < -0.4 is 11.1 Å². The predicted molar refractivity (Wildman–Crippen MR) is 69.8 cm³/mol.